The summed E-state index contributed by atoms with van der Waals surface area (Å²) < 4.78 is 4.41. The molecule has 1 rings (SSSR count). The molecule has 1 aromatic heterocycles. The molecule has 0 aliphatic carbocycles. The van der Waals surface area contributed by atoms with Crippen LogP contribution in [-0.4, -0.2) is 29.1 Å². The summed E-state index contributed by atoms with van der Waals surface area (Å²) in [5.41, 5.74) is -0.234. The third-order valence-corrected chi connectivity index (χ3v) is 1.63. The number of methoxy groups -OCH3 is 1. The molecule has 0 spiro atoms. The van der Waals surface area contributed by atoms with Gasteiger partial charge in [0.05, 0.1) is 12.7 Å². The lowest BCUT2D eigenvalue weighted by molar-refractivity contribution is 0.0600. The van der Waals surface area contributed by atoms with Gasteiger partial charge in [-0.3, -0.25) is 0 Å². The molecular weight excluding hydrogens is 210 g/mol. The Morgan fingerprint density at radius 3 is 2.64 bits per heavy atom. The van der Waals surface area contributed by atoms with Crippen molar-refractivity contribution in [3.63, 3.8) is 0 Å². The average Bonchev–Trinajstić information content (AvgIpc) is 2.15. The smallest absolute Gasteiger partial charge is 0.354 e. The third-order valence-electron chi connectivity index (χ3n) is 1.43. The maximum Gasteiger partial charge on any atom is 0.354 e. The topological polar surface area (TPSA) is 76.5 Å². The van der Waals surface area contributed by atoms with E-state index in [0.29, 0.717) is 0 Å². The van der Waals surface area contributed by atoms with Crippen LogP contribution >= 0.6 is 11.6 Å². The van der Waals surface area contributed by atoms with Crippen LogP contribution in [0.5, 0.6) is 0 Å². The number of pyridine rings is 1. The van der Waals surface area contributed by atoms with E-state index in [2.05, 4.69) is 9.72 Å². The van der Waals surface area contributed by atoms with Crippen molar-refractivity contribution in [3.8, 4) is 0 Å². The Kier molecular flexibility index (Phi) is 3.03. The lowest BCUT2D eigenvalue weighted by Crippen LogP contribution is -2.06. The number of nitrogens with zero attached hydrogens (tertiary/aromatic N) is 1. The molecule has 0 aromatic carbocycles. The van der Waals surface area contributed by atoms with E-state index in [4.69, 9.17) is 16.7 Å². The fraction of sp³-hybridized carbons (Fsp3) is 0.125. The predicted molar refractivity (Wildman–Crippen MR) is 47.5 cm³/mol. The van der Waals surface area contributed by atoms with E-state index in [1.165, 1.54) is 13.2 Å². The molecule has 0 radical (unpaired) electrons. The largest absolute Gasteiger partial charge is 0.477 e. The Morgan fingerprint density at radius 1 is 1.50 bits per heavy atom. The molecule has 14 heavy (non-hydrogen) atoms. The summed E-state index contributed by atoms with van der Waals surface area (Å²) >= 11 is 5.51. The maximum absolute atomic E-state index is 11.0. The van der Waals surface area contributed by atoms with Crippen molar-refractivity contribution in [2.45, 2.75) is 0 Å². The summed E-state index contributed by atoms with van der Waals surface area (Å²) in [6.07, 6.45) is 0. The molecule has 0 aliphatic heterocycles. The van der Waals surface area contributed by atoms with Gasteiger partial charge in [-0.25, -0.2) is 14.6 Å². The quantitative estimate of drug-likeness (QED) is 0.593. The van der Waals surface area contributed by atoms with Crippen molar-refractivity contribution in [2.24, 2.45) is 0 Å². The van der Waals surface area contributed by atoms with E-state index in [0.717, 1.165) is 6.07 Å². The van der Waals surface area contributed by atoms with Gasteiger partial charge in [-0.15, -0.1) is 0 Å². The van der Waals surface area contributed by atoms with Crippen LogP contribution in [0.2, 0.25) is 5.15 Å². The molecule has 0 atom stereocenters. The summed E-state index contributed by atoms with van der Waals surface area (Å²) in [6.45, 7) is 0. The number of esters is 1. The van der Waals surface area contributed by atoms with E-state index >= 15 is 0 Å². The van der Waals surface area contributed by atoms with Crippen LogP contribution in [0.1, 0.15) is 20.8 Å². The minimum absolute atomic E-state index is 0.0601. The number of carboxylic acid groups (broad SMARTS) is 1. The van der Waals surface area contributed by atoms with Crippen LogP contribution < -0.4 is 0 Å². The number of halogens is 1. The fourth-order valence-corrected chi connectivity index (χ4v) is 1.05. The molecule has 0 bridgehead atoms. The molecule has 0 saturated heterocycles. The Morgan fingerprint density at radius 2 is 2.14 bits per heavy atom. The molecule has 0 saturated carbocycles. The summed E-state index contributed by atoms with van der Waals surface area (Å²) in [4.78, 5) is 25.1. The normalized spacial score (nSPS) is 9.57. The van der Waals surface area contributed by atoms with E-state index in [1.807, 2.05) is 0 Å². The first kappa shape index (κ1) is 10.5. The highest BCUT2D eigenvalue weighted by atomic mass is 35.5. The maximum atomic E-state index is 11.0. The van der Waals surface area contributed by atoms with E-state index < -0.39 is 11.9 Å². The third kappa shape index (κ3) is 2.20. The van der Waals surface area contributed by atoms with Gasteiger partial charge in [0.25, 0.3) is 0 Å². The van der Waals surface area contributed by atoms with Gasteiger partial charge in [0.15, 0.2) is 5.69 Å². The van der Waals surface area contributed by atoms with Crippen LogP contribution in [0.15, 0.2) is 12.1 Å². The van der Waals surface area contributed by atoms with Crippen LogP contribution in [0.25, 0.3) is 0 Å². The summed E-state index contributed by atoms with van der Waals surface area (Å²) in [7, 11) is 1.19. The number of aromatic nitrogens is 1. The van der Waals surface area contributed by atoms with Crippen molar-refractivity contribution < 1.29 is 19.4 Å². The van der Waals surface area contributed by atoms with Crippen LogP contribution in [0.3, 0.4) is 0 Å². The Hall–Kier alpha value is -1.62. The number of hydrogen-bond acceptors (Lipinski definition) is 4. The number of carboxylic acids is 1. The molecule has 5 nitrogen and oxygen atoms in total. The fourth-order valence-electron chi connectivity index (χ4n) is 0.842. The van der Waals surface area contributed by atoms with Gasteiger partial charge in [-0.1, -0.05) is 11.6 Å². The molecule has 74 valence electrons. The van der Waals surface area contributed by atoms with E-state index in [-0.39, 0.29) is 16.4 Å². The molecule has 1 N–H and O–H groups in total. The van der Waals surface area contributed by atoms with Crippen molar-refractivity contribution in [1.82, 2.24) is 4.98 Å². The standard InChI is InChI=1S/C8H6ClNO4/c1-14-8(13)4-2-5(7(11)12)10-6(9)3-4/h2-3H,1H3,(H,11,12). The van der Waals surface area contributed by atoms with Crippen LogP contribution in [-0.2, 0) is 4.74 Å². The molecule has 1 aromatic rings. The Balaban J connectivity index is 3.20. The minimum atomic E-state index is -1.25. The monoisotopic (exact) mass is 215 g/mol. The first-order chi connectivity index (χ1) is 6.54. The zero-order valence-corrected chi connectivity index (χ0v) is 7.91. The van der Waals surface area contributed by atoms with Gasteiger partial charge in [0, 0.05) is 0 Å². The van der Waals surface area contributed by atoms with Crippen molar-refractivity contribution in [2.75, 3.05) is 7.11 Å². The van der Waals surface area contributed by atoms with Gasteiger partial charge in [-0.2, -0.15) is 0 Å². The van der Waals surface area contributed by atoms with Gasteiger partial charge in [-0.05, 0) is 12.1 Å². The number of hydrogen-bond donors (Lipinski definition) is 1. The summed E-state index contributed by atoms with van der Waals surface area (Å²) in [6, 6.07) is 2.33. The van der Waals surface area contributed by atoms with Gasteiger partial charge < -0.3 is 9.84 Å². The molecule has 0 aliphatic rings. The molecule has 0 fully saturated rings. The minimum Gasteiger partial charge on any atom is -0.477 e. The van der Waals surface area contributed by atoms with E-state index in [9.17, 15) is 9.59 Å². The van der Waals surface area contributed by atoms with Gasteiger partial charge in [0.1, 0.15) is 5.15 Å². The summed E-state index contributed by atoms with van der Waals surface area (Å²) in [5.74, 6) is -1.91. The van der Waals surface area contributed by atoms with E-state index in [1.54, 1.807) is 0 Å². The molecule has 0 amide bonds. The number of ether oxygens (including phenoxy) is 1. The predicted octanol–water partition coefficient (Wildman–Crippen LogP) is 1.22. The van der Waals surface area contributed by atoms with Gasteiger partial charge >= 0.3 is 11.9 Å². The second-order valence-electron chi connectivity index (χ2n) is 2.36. The highest BCUT2D eigenvalue weighted by Crippen LogP contribution is 2.11. The average molecular weight is 216 g/mol. The zero-order chi connectivity index (χ0) is 10.7. The SMILES string of the molecule is COC(=O)c1cc(Cl)nc(C(=O)O)c1. The Labute approximate surface area is 84.3 Å². The number of aromatic carboxylic acids is 1. The lowest BCUT2D eigenvalue weighted by Gasteiger charge is -2.00. The first-order valence-electron chi connectivity index (χ1n) is 3.54. The van der Waals surface area contributed by atoms with Crippen molar-refractivity contribution in [1.29, 1.82) is 0 Å². The van der Waals surface area contributed by atoms with Crippen LogP contribution in [0, 0.1) is 0 Å². The Bertz CT molecular complexity index is 391. The second kappa shape index (κ2) is 4.06. The second-order valence-corrected chi connectivity index (χ2v) is 2.75. The number of carbonyl (C=O) groups excluding carboxylic acids is 1. The van der Waals surface area contributed by atoms with Crippen molar-refractivity contribution >= 4 is 23.5 Å². The molecular formula is C8H6ClNO4. The highest BCUT2D eigenvalue weighted by molar-refractivity contribution is 6.29. The van der Waals surface area contributed by atoms with Gasteiger partial charge in [0.2, 0.25) is 0 Å². The lowest BCUT2D eigenvalue weighted by atomic mass is 10.2. The van der Waals surface area contributed by atoms with Crippen LogP contribution in [0.4, 0.5) is 0 Å². The highest BCUT2D eigenvalue weighted by Gasteiger charge is 2.12. The zero-order valence-electron chi connectivity index (χ0n) is 7.15. The van der Waals surface area contributed by atoms with Crippen molar-refractivity contribution in [3.05, 3.63) is 28.5 Å². The molecule has 1 heterocycles. The summed E-state index contributed by atoms with van der Waals surface area (Å²) in [5, 5.41) is 8.55. The number of carbonyl (C=O) groups is 2. The molecule has 6 heteroatoms. The molecule has 0 unspecified atom stereocenters. The number of rotatable bonds is 2. The first-order valence-corrected chi connectivity index (χ1v) is 3.91.